The fourth-order valence-corrected chi connectivity index (χ4v) is 4.07. The molecule has 0 fully saturated rings. The summed E-state index contributed by atoms with van der Waals surface area (Å²) in [6.45, 7) is 3.82. The molecule has 0 spiro atoms. The number of carbonyl (C=O) groups excluding carboxylic acids is 1. The van der Waals surface area contributed by atoms with Gasteiger partial charge in [-0.15, -0.1) is 0 Å². The molecule has 1 heterocycles. The van der Waals surface area contributed by atoms with E-state index in [4.69, 9.17) is 23.2 Å². The SMILES string of the molecule is CCC(Sc1cc(-c2ccccc2)nc(C)n1)C(=O)Nc1ccc(Cl)cc1Cl. The number of hydrogen-bond acceptors (Lipinski definition) is 4. The van der Waals surface area contributed by atoms with Gasteiger partial charge in [0, 0.05) is 10.6 Å². The van der Waals surface area contributed by atoms with Crippen LogP contribution in [0.25, 0.3) is 11.3 Å². The number of nitrogens with one attached hydrogen (secondary N) is 1. The number of benzene rings is 2. The van der Waals surface area contributed by atoms with E-state index in [1.807, 2.05) is 50.2 Å². The van der Waals surface area contributed by atoms with Gasteiger partial charge in [0.2, 0.25) is 5.91 Å². The van der Waals surface area contributed by atoms with Gasteiger partial charge in [-0.2, -0.15) is 0 Å². The molecule has 4 nitrogen and oxygen atoms in total. The lowest BCUT2D eigenvalue weighted by atomic mass is 10.1. The van der Waals surface area contributed by atoms with Crippen LogP contribution in [0.5, 0.6) is 0 Å². The molecular formula is C21H19Cl2N3OS. The van der Waals surface area contributed by atoms with E-state index >= 15 is 0 Å². The molecule has 0 saturated carbocycles. The minimum Gasteiger partial charge on any atom is -0.324 e. The largest absolute Gasteiger partial charge is 0.324 e. The van der Waals surface area contributed by atoms with Crippen LogP contribution in [0.3, 0.4) is 0 Å². The molecule has 0 bridgehead atoms. The third-order valence-electron chi connectivity index (χ3n) is 4.00. The van der Waals surface area contributed by atoms with Crippen LogP contribution in [0.4, 0.5) is 5.69 Å². The summed E-state index contributed by atoms with van der Waals surface area (Å²) in [4.78, 5) is 21.8. The Morgan fingerprint density at radius 2 is 1.86 bits per heavy atom. The van der Waals surface area contributed by atoms with Gasteiger partial charge in [0.1, 0.15) is 10.9 Å². The van der Waals surface area contributed by atoms with Crippen molar-refractivity contribution in [1.82, 2.24) is 9.97 Å². The van der Waals surface area contributed by atoms with Crippen LogP contribution < -0.4 is 5.32 Å². The van der Waals surface area contributed by atoms with Crippen molar-refractivity contribution < 1.29 is 4.79 Å². The highest BCUT2D eigenvalue weighted by atomic mass is 35.5. The Kier molecular flexibility index (Phi) is 6.94. The summed E-state index contributed by atoms with van der Waals surface area (Å²) in [5, 5.41) is 4.25. The quantitative estimate of drug-likeness (QED) is 0.369. The van der Waals surface area contributed by atoms with Gasteiger partial charge in [0.05, 0.1) is 21.7 Å². The first-order chi connectivity index (χ1) is 13.5. The van der Waals surface area contributed by atoms with Crippen molar-refractivity contribution in [1.29, 1.82) is 0 Å². The minimum atomic E-state index is -0.315. The summed E-state index contributed by atoms with van der Waals surface area (Å²) >= 11 is 13.5. The fourth-order valence-electron chi connectivity index (χ4n) is 2.63. The van der Waals surface area contributed by atoms with E-state index in [0.29, 0.717) is 28.0 Å². The van der Waals surface area contributed by atoms with E-state index in [1.54, 1.807) is 18.2 Å². The van der Waals surface area contributed by atoms with Gasteiger partial charge < -0.3 is 5.32 Å². The number of hydrogen-bond donors (Lipinski definition) is 1. The second kappa shape index (κ2) is 9.41. The molecule has 1 aromatic heterocycles. The van der Waals surface area contributed by atoms with Crippen LogP contribution in [0.15, 0.2) is 59.6 Å². The van der Waals surface area contributed by atoms with E-state index in [2.05, 4.69) is 15.3 Å². The number of nitrogens with zero attached hydrogens (tertiary/aromatic N) is 2. The van der Waals surface area contributed by atoms with Crippen molar-refractivity contribution in [3.63, 3.8) is 0 Å². The molecule has 0 radical (unpaired) electrons. The van der Waals surface area contributed by atoms with Gasteiger partial charge in [-0.3, -0.25) is 4.79 Å². The second-order valence-corrected chi connectivity index (χ2v) is 8.20. The van der Waals surface area contributed by atoms with Gasteiger partial charge in [-0.25, -0.2) is 9.97 Å². The maximum Gasteiger partial charge on any atom is 0.237 e. The smallest absolute Gasteiger partial charge is 0.237 e. The third-order valence-corrected chi connectivity index (χ3v) is 5.83. The summed E-state index contributed by atoms with van der Waals surface area (Å²) in [5.41, 5.74) is 2.39. The van der Waals surface area contributed by atoms with Crippen LogP contribution in [0.1, 0.15) is 19.2 Å². The molecule has 7 heteroatoms. The van der Waals surface area contributed by atoms with Crippen LogP contribution in [0, 0.1) is 6.92 Å². The zero-order valence-electron chi connectivity index (χ0n) is 15.4. The Balaban J connectivity index is 1.78. The standard InChI is InChI=1S/C21H19Cl2N3OS/c1-3-19(21(27)26-17-10-9-15(22)11-16(17)23)28-20-12-18(24-13(2)25-20)14-7-5-4-6-8-14/h4-12,19H,3H2,1-2H3,(H,26,27). The Morgan fingerprint density at radius 3 is 2.54 bits per heavy atom. The van der Waals surface area contributed by atoms with Crippen molar-refractivity contribution in [2.24, 2.45) is 0 Å². The van der Waals surface area contributed by atoms with E-state index in [-0.39, 0.29) is 11.2 Å². The van der Waals surface area contributed by atoms with Gasteiger partial charge in [0.15, 0.2) is 0 Å². The zero-order valence-corrected chi connectivity index (χ0v) is 17.8. The van der Waals surface area contributed by atoms with E-state index in [0.717, 1.165) is 16.3 Å². The van der Waals surface area contributed by atoms with Gasteiger partial charge >= 0.3 is 0 Å². The first-order valence-electron chi connectivity index (χ1n) is 8.80. The lowest BCUT2D eigenvalue weighted by Crippen LogP contribution is -2.24. The third kappa shape index (κ3) is 5.25. The van der Waals surface area contributed by atoms with Gasteiger partial charge in [-0.05, 0) is 37.6 Å². The number of rotatable bonds is 6. The Hall–Kier alpha value is -2.08. The normalized spacial score (nSPS) is 11.9. The van der Waals surface area contributed by atoms with E-state index in [9.17, 15) is 4.79 Å². The average Bonchev–Trinajstić information content (AvgIpc) is 2.68. The number of aromatic nitrogens is 2. The average molecular weight is 432 g/mol. The highest BCUT2D eigenvalue weighted by Gasteiger charge is 2.20. The number of amides is 1. The summed E-state index contributed by atoms with van der Waals surface area (Å²) in [6.07, 6.45) is 0.644. The van der Waals surface area contributed by atoms with Gasteiger partial charge in [0.25, 0.3) is 0 Å². The maximum atomic E-state index is 12.8. The van der Waals surface area contributed by atoms with Crippen molar-refractivity contribution in [3.05, 3.63) is 70.5 Å². The summed E-state index contributed by atoms with van der Waals surface area (Å²) < 4.78 is 0. The zero-order chi connectivity index (χ0) is 20.1. The number of anilines is 1. The molecule has 1 N–H and O–H groups in total. The highest BCUT2D eigenvalue weighted by Crippen LogP contribution is 2.30. The number of carbonyl (C=O) groups is 1. The molecule has 0 aliphatic rings. The van der Waals surface area contributed by atoms with Crippen LogP contribution in [-0.2, 0) is 4.79 Å². The van der Waals surface area contributed by atoms with Crippen molar-refractivity contribution in [2.45, 2.75) is 30.5 Å². The van der Waals surface area contributed by atoms with E-state index in [1.165, 1.54) is 11.8 Å². The summed E-state index contributed by atoms with van der Waals surface area (Å²) in [6, 6.07) is 16.8. The van der Waals surface area contributed by atoms with Gasteiger partial charge in [-0.1, -0.05) is 72.2 Å². The molecule has 1 atom stereocenters. The Bertz CT molecular complexity index is 983. The number of aryl methyl sites for hydroxylation is 1. The predicted molar refractivity (Wildman–Crippen MR) is 117 cm³/mol. The lowest BCUT2D eigenvalue weighted by Gasteiger charge is -2.16. The Morgan fingerprint density at radius 1 is 1.11 bits per heavy atom. The monoisotopic (exact) mass is 431 g/mol. The van der Waals surface area contributed by atoms with Crippen molar-refractivity contribution in [2.75, 3.05) is 5.32 Å². The second-order valence-electron chi connectivity index (χ2n) is 6.13. The molecule has 3 aromatic rings. The molecule has 144 valence electrons. The molecular weight excluding hydrogens is 413 g/mol. The Labute approximate surface area is 178 Å². The molecule has 1 amide bonds. The molecule has 2 aromatic carbocycles. The topological polar surface area (TPSA) is 54.9 Å². The maximum absolute atomic E-state index is 12.8. The molecule has 0 saturated heterocycles. The summed E-state index contributed by atoms with van der Waals surface area (Å²) in [5.74, 6) is 0.536. The molecule has 28 heavy (non-hydrogen) atoms. The highest BCUT2D eigenvalue weighted by molar-refractivity contribution is 8.00. The van der Waals surface area contributed by atoms with Crippen LogP contribution >= 0.6 is 35.0 Å². The molecule has 1 unspecified atom stereocenters. The van der Waals surface area contributed by atoms with Crippen LogP contribution in [0.2, 0.25) is 10.0 Å². The number of thioether (sulfide) groups is 1. The van der Waals surface area contributed by atoms with Crippen molar-refractivity contribution >= 4 is 46.6 Å². The number of halogens is 2. The first-order valence-corrected chi connectivity index (χ1v) is 10.4. The minimum absolute atomic E-state index is 0.130. The summed E-state index contributed by atoms with van der Waals surface area (Å²) in [7, 11) is 0. The van der Waals surface area contributed by atoms with Crippen molar-refractivity contribution in [3.8, 4) is 11.3 Å². The molecule has 3 rings (SSSR count). The fraction of sp³-hybridized carbons (Fsp3) is 0.190. The molecule has 0 aliphatic carbocycles. The predicted octanol–water partition coefficient (Wildman–Crippen LogP) is 6.27. The van der Waals surface area contributed by atoms with E-state index < -0.39 is 0 Å². The molecule has 0 aliphatic heterocycles. The lowest BCUT2D eigenvalue weighted by molar-refractivity contribution is -0.115. The van der Waals surface area contributed by atoms with Crippen LogP contribution in [-0.4, -0.2) is 21.1 Å². The first kappa shape index (κ1) is 20.6.